The summed E-state index contributed by atoms with van der Waals surface area (Å²) in [4.78, 5) is 8.60. The van der Waals surface area contributed by atoms with Crippen molar-refractivity contribution in [3.8, 4) is 17.0 Å². The molecule has 0 saturated carbocycles. The number of aryl methyl sites for hydroxylation is 1. The molecule has 0 fully saturated rings. The van der Waals surface area contributed by atoms with Crippen LogP contribution in [0.15, 0.2) is 60.9 Å². The van der Waals surface area contributed by atoms with Crippen molar-refractivity contribution < 1.29 is 9.84 Å². The first kappa shape index (κ1) is 17.9. The van der Waals surface area contributed by atoms with Gasteiger partial charge in [0.1, 0.15) is 17.9 Å². The lowest BCUT2D eigenvalue weighted by Gasteiger charge is -2.13. The maximum Gasteiger partial charge on any atom is 0.130 e. The number of rotatable bonds is 7. The lowest BCUT2D eigenvalue weighted by Crippen LogP contribution is -2.13. The summed E-state index contributed by atoms with van der Waals surface area (Å²) in [6.45, 7) is 5.01. The lowest BCUT2D eigenvalue weighted by atomic mass is 10.1. The minimum atomic E-state index is -0.595. The van der Waals surface area contributed by atoms with Crippen LogP contribution in [0.1, 0.15) is 24.2 Å². The van der Waals surface area contributed by atoms with Crippen molar-refractivity contribution in [3.63, 3.8) is 0 Å². The van der Waals surface area contributed by atoms with E-state index in [0.29, 0.717) is 19.0 Å². The molecule has 26 heavy (non-hydrogen) atoms. The fraction of sp³-hybridized carbons (Fsp3) is 0.238. The monoisotopic (exact) mass is 349 g/mol. The van der Waals surface area contributed by atoms with Gasteiger partial charge in [0.05, 0.1) is 18.4 Å². The summed E-state index contributed by atoms with van der Waals surface area (Å²) < 4.78 is 5.59. The number of nitrogens with zero attached hydrogens (tertiary/aromatic N) is 2. The van der Waals surface area contributed by atoms with Crippen molar-refractivity contribution in [1.82, 2.24) is 9.97 Å². The lowest BCUT2D eigenvalue weighted by molar-refractivity contribution is 0.191. The van der Waals surface area contributed by atoms with Crippen LogP contribution in [-0.2, 0) is 0 Å². The number of aliphatic hydroxyl groups is 1. The molecule has 134 valence electrons. The highest BCUT2D eigenvalue weighted by Gasteiger charge is 2.09. The van der Waals surface area contributed by atoms with Crippen molar-refractivity contribution in [1.29, 1.82) is 0 Å². The van der Waals surface area contributed by atoms with E-state index in [2.05, 4.69) is 21.4 Å². The molecule has 0 radical (unpaired) electrons. The average molecular weight is 349 g/mol. The molecular weight excluding hydrogens is 326 g/mol. The second kappa shape index (κ2) is 8.45. The van der Waals surface area contributed by atoms with Crippen LogP contribution in [0.2, 0.25) is 0 Å². The molecule has 0 saturated heterocycles. The second-order valence-electron chi connectivity index (χ2n) is 6.01. The fourth-order valence-corrected chi connectivity index (χ4v) is 2.73. The second-order valence-corrected chi connectivity index (χ2v) is 6.01. The SMILES string of the molecule is CCOc1ccc(-c2cc(NCC(O)c3ccccc3)ncn2)cc1C. The van der Waals surface area contributed by atoms with Crippen LogP contribution in [0.3, 0.4) is 0 Å². The van der Waals surface area contributed by atoms with Gasteiger partial charge in [0.15, 0.2) is 0 Å². The van der Waals surface area contributed by atoms with Crippen molar-refractivity contribution in [2.75, 3.05) is 18.5 Å². The molecule has 0 amide bonds. The van der Waals surface area contributed by atoms with Gasteiger partial charge in [0.2, 0.25) is 0 Å². The van der Waals surface area contributed by atoms with Crippen molar-refractivity contribution in [2.24, 2.45) is 0 Å². The van der Waals surface area contributed by atoms with E-state index in [1.54, 1.807) is 0 Å². The molecule has 5 nitrogen and oxygen atoms in total. The van der Waals surface area contributed by atoms with E-state index in [9.17, 15) is 5.11 Å². The molecule has 2 N–H and O–H groups in total. The highest BCUT2D eigenvalue weighted by Crippen LogP contribution is 2.26. The van der Waals surface area contributed by atoms with Gasteiger partial charge in [-0.3, -0.25) is 0 Å². The van der Waals surface area contributed by atoms with Gasteiger partial charge in [-0.15, -0.1) is 0 Å². The Morgan fingerprint density at radius 3 is 2.62 bits per heavy atom. The standard InChI is InChI=1S/C21H23N3O2/c1-3-26-20-10-9-17(11-15(20)2)18-12-21(24-14-23-18)22-13-19(25)16-7-5-4-6-8-16/h4-12,14,19,25H,3,13H2,1-2H3,(H,22,23,24). The van der Waals surface area contributed by atoms with E-state index >= 15 is 0 Å². The number of ether oxygens (including phenoxy) is 1. The topological polar surface area (TPSA) is 67.3 Å². The third-order valence-corrected chi connectivity index (χ3v) is 4.10. The molecule has 0 bridgehead atoms. The number of hydrogen-bond donors (Lipinski definition) is 2. The minimum absolute atomic E-state index is 0.378. The van der Waals surface area contributed by atoms with Gasteiger partial charge in [-0.2, -0.15) is 0 Å². The zero-order chi connectivity index (χ0) is 18.4. The third kappa shape index (κ3) is 4.37. The van der Waals surface area contributed by atoms with E-state index < -0.39 is 6.10 Å². The molecular formula is C21H23N3O2. The van der Waals surface area contributed by atoms with Gasteiger partial charge < -0.3 is 15.2 Å². The molecule has 1 aromatic heterocycles. The Hall–Kier alpha value is -2.92. The summed E-state index contributed by atoms with van der Waals surface area (Å²) in [6, 6.07) is 17.4. The molecule has 0 aliphatic carbocycles. The first-order chi connectivity index (χ1) is 12.7. The molecule has 1 heterocycles. The Bertz CT molecular complexity index is 853. The zero-order valence-electron chi connectivity index (χ0n) is 15.0. The van der Waals surface area contributed by atoms with Crippen molar-refractivity contribution in [2.45, 2.75) is 20.0 Å². The first-order valence-corrected chi connectivity index (χ1v) is 8.70. The van der Waals surface area contributed by atoms with Crippen molar-refractivity contribution >= 4 is 5.82 Å². The van der Waals surface area contributed by atoms with E-state index in [4.69, 9.17) is 4.74 Å². The smallest absolute Gasteiger partial charge is 0.130 e. The summed E-state index contributed by atoms with van der Waals surface area (Å²) in [5, 5.41) is 13.4. The molecule has 1 atom stereocenters. The van der Waals surface area contributed by atoms with E-state index in [0.717, 1.165) is 28.1 Å². The Morgan fingerprint density at radius 1 is 1.08 bits per heavy atom. The number of aliphatic hydroxyl groups excluding tert-OH is 1. The maximum atomic E-state index is 10.3. The quantitative estimate of drug-likeness (QED) is 0.675. The van der Waals surface area contributed by atoms with Crippen LogP contribution in [0, 0.1) is 6.92 Å². The van der Waals surface area contributed by atoms with Gasteiger partial charge in [0, 0.05) is 18.2 Å². The van der Waals surface area contributed by atoms with Gasteiger partial charge in [-0.1, -0.05) is 30.3 Å². The Kier molecular flexibility index (Phi) is 5.81. The molecule has 0 aliphatic heterocycles. The van der Waals surface area contributed by atoms with Gasteiger partial charge in [0.25, 0.3) is 0 Å². The van der Waals surface area contributed by atoms with Gasteiger partial charge in [-0.05, 0) is 43.2 Å². The summed E-state index contributed by atoms with van der Waals surface area (Å²) in [5.74, 6) is 1.56. The molecule has 5 heteroatoms. The molecule has 0 spiro atoms. The van der Waals surface area contributed by atoms with Crippen LogP contribution < -0.4 is 10.1 Å². The number of hydrogen-bond acceptors (Lipinski definition) is 5. The number of anilines is 1. The van der Waals surface area contributed by atoms with E-state index in [-0.39, 0.29) is 0 Å². The summed E-state index contributed by atoms with van der Waals surface area (Å²) in [7, 11) is 0. The summed E-state index contributed by atoms with van der Waals surface area (Å²) >= 11 is 0. The maximum absolute atomic E-state index is 10.3. The van der Waals surface area contributed by atoms with Crippen LogP contribution in [-0.4, -0.2) is 28.2 Å². The molecule has 3 rings (SSSR count). The van der Waals surface area contributed by atoms with Crippen LogP contribution in [0.4, 0.5) is 5.82 Å². The molecule has 1 unspecified atom stereocenters. The Balaban J connectivity index is 1.71. The molecule has 0 aliphatic rings. The Morgan fingerprint density at radius 2 is 1.88 bits per heavy atom. The summed E-state index contributed by atoms with van der Waals surface area (Å²) in [6.07, 6.45) is 0.931. The predicted octanol–water partition coefficient (Wildman–Crippen LogP) is 4.00. The van der Waals surface area contributed by atoms with Gasteiger partial charge in [-0.25, -0.2) is 9.97 Å². The third-order valence-electron chi connectivity index (χ3n) is 4.10. The molecule has 3 aromatic rings. The van der Waals surface area contributed by atoms with Crippen LogP contribution in [0.25, 0.3) is 11.3 Å². The van der Waals surface area contributed by atoms with Crippen LogP contribution in [0.5, 0.6) is 5.75 Å². The zero-order valence-corrected chi connectivity index (χ0v) is 15.0. The average Bonchev–Trinajstić information content (AvgIpc) is 2.69. The summed E-state index contributed by atoms with van der Waals surface area (Å²) in [5.41, 5.74) is 3.76. The highest BCUT2D eigenvalue weighted by molar-refractivity contribution is 5.64. The normalized spacial score (nSPS) is 11.8. The number of nitrogens with one attached hydrogen (secondary N) is 1. The van der Waals surface area contributed by atoms with Gasteiger partial charge >= 0.3 is 0 Å². The minimum Gasteiger partial charge on any atom is -0.494 e. The van der Waals surface area contributed by atoms with Crippen molar-refractivity contribution in [3.05, 3.63) is 72.1 Å². The van der Waals surface area contributed by atoms with E-state index in [1.807, 2.05) is 62.4 Å². The van der Waals surface area contributed by atoms with E-state index in [1.165, 1.54) is 6.33 Å². The number of aromatic nitrogens is 2. The predicted molar refractivity (Wildman–Crippen MR) is 103 cm³/mol. The largest absolute Gasteiger partial charge is 0.494 e. The molecule has 2 aromatic carbocycles. The Labute approximate surface area is 153 Å². The number of benzene rings is 2. The fourth-order valence-electron chi connectivity index (χ4n) is 2.73. The highest BCUT2D eigenvalue weighted by atomic mass is 16.5. The first-order valence-electron chi connectivity index (χ1n) is 8.70. The van der Waals surface area contributed by atoms with Crippen LogP contribution >= 0.6 is 0 Å².